The lowest BCUT2D eigenvalue weighted by Crippen LogP contribution is -2.19. The SMILES string of the molecule is CN=CC(=CN)CNCCCCCO. The first kappa shape index (κ1) is 13.1. The third-order valence-electron chi connectivity index (χ3n) is 1.85. The van der Waals surface area contributed by atoms with E-state index in [-0.39, 0.29) is 6.61 Å². The minimum absolute atomic E-state index is 0.288. The Bertz CT molecular complexity index is 178. The smallest absolute Gasteiger partial charge is 0.0431 e. The summed E-state index contributed by atoms with van der Waals surface area (Å²) in [4.78, 5) is 3.89. The van der Waals surface area contributed by atoms with Crippen LogP contribution in [0.2, 0.25) is 0 Å². The van der Waals surface area contributed by atoms with Crippen molar-refractivity contribution in [1.29, 1.82) is 0 Å². The summed E-state index contributed by atoms with van der Waals surface area (Å²) < 4.78 is 0. The van der Waals surface area contributed by atoms with Crippen LogP contribution in [0.15, 0.2) is 16.8 Å². The molecule has 0 atom stereocenters. The van der Waals surface area contributed by atoms with E-state index >= 15 is 0 Å². The summed E-state index contributed by atoms with van der Waals surface area (Å²) >= 11 is 0. The molecule has 4 heteroatoms. The van der Waals surface area contributed by atoms with Crippen molar-refractivity contribution in [2.24, 2.45) is 10.7 Å². The Balaban J connectivity index is 3.34. The molecule has 0 fully saturated rings. The fourth-order valence-electron chi connectivity index (χ4n) is 1.08. The molecular weight excluding hydrogens is 178 g/mol. The number of aliphatic hydroxyl groups excluding tert-OH is 1. The second-order valence-electron chi connectivity index (χ2n) is 3.09. The Kier molecular flexibility index (Phi) is 9.58. The number of nitrogens with one attached hydrogen (secondary N) is 1. The van der Waals surface area contributed by atoms with E-state index in [1.54, 1.807) is 19.5 Å². The molecule has 4 N–H and O–H groups in total. The molecule has 0 aromatic carbocycles. The van der Waals surface area contributed by atoms with Gasteiger partial charge in [0.15, 0.2) is 0 Å². The van der Waals surface area contributed by atoms with Gasteiger partial charge in [0.1, 0.15) is 0 Å². The number of nitrogens with zero attached hydrogens (tertiary/aromatic N) is 1. The average Bonchev–Trinajstić information content (AvgIpc) is 2.21. The summed E-state index contributed by atoms with van der Waals surface area (Å²) in [5.41, 5.74) is 6.39. The maximum Gasteiger partial charge on any atom is 0.0431 e. The van der Waals surface area contributed by atoms with Crippen molar-refractivity contribution in [3.63, 3.8) is 0 Å². The van der Waals surface area contributed by atoms with Crippen LogP contribution in [0.3, 0.4) is 0 Å². The van der Waals surface area contributed by atoms with Crippen LogP contribution in [-0.4, -0.2) is 38.1 Å². The summed E-state index contributed by atoms with van der Waals surface area (Å²) in [5, 5.41) is 11.8. The molecule has 0 aliphatic carbocycles. The lowest BCUT2D eigenvalue weighted by molar-refractivity contribution is 0.283. The molecule has 14 heavy (non-hydrogen) atoms. The molecular formula is C10H21N3O. The normalized spacial score (nSPS) is 12.6. The fourth-order valence-corrected chi connectivity index (χ4v) is 1.08. The Labute approximate surface area is 85.9 Å². The van der Waals surface area contributed by atoms with Crippen molar-refractivity contribution in [3.05, 3.63) is 11.8 Å². The van der Waals surface area contributed by atoms with Crippen LogP contribution >= 0.6 is 0 Å². The summed E-state index contributed by atoms with van der Waals surface area (Å²) in [7, 11) is 1.73. The first-order valence-corrected chi connectivity index (χ1v) is 4.99. The molecule has 0 aromatic rings. The van der Waals surface area contributed by atoms with E-state index in [1.807, 2.05) is 0 Å². The quantitative estimate of drug-likeness (QED) is 0.388. The number of hydrogen-bond donors (Lipinski definition) is 3. The van der Waals surface area contributed by atoms with E-state index in [4.69, 9.17) is 10.8 Å². The molecule has 82 valence electrons. The van der Waals surface area contributed by atoms with Crippen molar-refractivity contribution < 1.29 is 5.11 Å². The molecule has 0 unspecified atom stereocenters. The van der Waals surface area contributed by atoms with E-state index in [0.29, 0.717) is 0 Å². The summed E-state index contributed by atoms with van der Waals surface area (Å²) in [6.45, 7) is 2.00. The Morgan fingerprint density at radius 2 is 2.21 bits per heavy atom. The van der Waals surface area contributed by atoms with Crippen LogP contribution in [0.5, 0.6) is 0 Å². The molecule has 4 nitrogen and oxygen atoms in total. The van der Waals surface area contributed by atoms with Gasteiger partial charge in [-0.15, -0.1) is 0 Å². The summed E-state index contributed by atoms with van der Waals surface area (Å²) in [5.74, 6) is 0. The third-order valence-corrected chi connectivity index (χ3v) is 1.85. The van der Waals surface area contributed by atoms with Gasteiger partial charge in [0.2, 0.25) is 0 Å². The minimum Gasteiger partial charge on any atom is -0.404 e. The van der Waals surface area contributed by atoms with Crippen LogP contribution in [-0.2, 0) is 0 Å². The molecule has 0 spiro atoms. The van der Waals surface area contributed by atoms with Crippen LogP contribution in [0.1, 0.15) is 19.3 Å². The number of aliphatic imine (C=N–C) groups is 1. The maximum absolute atomic E-state index is 8.56. The highest BCUT2D eigenvalue weighted by Gasteiger charge is 1.92. The van der Waals surface area contributed by atoms with Gasteiger partial charge in [-0.3, -0.25) is 4.99 Å². The van der Waals surface area contributed by atoms with Gasteiger partial charge in [-0.2, -0.15) is 0 Å². The second-order valence-corrected chi connectivity index (χ2v) is 3.09. The van der Waals surface area contributed by atoms with Crippen LogP contribution in [0.25, 0.3) is 0 Å². The number of unbranched alkanes of at least 4 members (excludes halogenated alkanes) is 2. The lowest BCUT2D eigenvalue weighted by Gasteiger charge is -2.03. The minimum atomic E-state index is 0.288. The molecule has 0 aliphatic heterocycles. The molecule has 0 saturated carbocycles. The molecule has 0 amide bonds. The van der Waals surface area contributed by atoms with E-state index in [9.17, 15) is 0 Å². The maximum atomic E-state index is 8.56. The largest absolute Gasteiger partial charge is 0.404 e. The van der Waals surface area contributed by atoms with Gasteiger partial charge < -0.3 is 16.2 Å². The topological polar surface area (TPSA) is 70.6 Å². The molecule has 0 heterocycles. The van der Waals surface area contributed by atoms with Crippen LogP contribution in [0, 0.1) is 0 Å². The van der Waals surface area contributed by atoms with Gasteiger partial charge in [0.25, 0.3) is 0 Å². The monoisotopic (exact) mass is 199 g/mol. The third kappa shape index (κ3) is 7.76. The number of nitrogens with two attached hydrogens (primary N) is 1. The van der Waals surface area contributed by atoms with Crippen molar-refractivity contribution >= 4 is 6.21 Å². The molecule has 0 saturated heterocycles. The predicted octanol–water partition coefficient (Wildman–Crippen LogP) is 0.282. The summed E-state index contributed by atoms with van der Waals surface area (Å²) in [6, 6.07) is 0. The second kappa shape index (κ2) is 10.2. The Morgan fingerprint density at radius 1 is 1.43 bits per heavy atom. The highest BCUT2D eigenvalue weighted by atomic mass is 16.2. The van der Waals surface area contributed by atoms with E-state index < -0.39 is 0 Å². The van der Waals surface area contributed by atoms with Crippen molar-refractivity contribution in [3.8, 4) is 0 Å². The van der Waals surface area contributed by atoms with E-state index in [1.165, 1.54) is 0 Å². The van der Waals surface area contributed by atoms with Crippen LogP contribution < -0.4 is 11.1 Å². The molecule has 0 radical (unpaired) electrons. The van der Waals surface area contributed by atoms with Crippen molar-refractivity contribution in [1.82, 2.24) is 5.32 Å². The zero-order valence-corrected chi connectivity index (χ0v) is 8.87. The predicted molar refractivity (Wildman–Crippen MR) is 60.5 cm³/mol. The highest BCUT2D eigenvalue weighted by molar-refractivity contribution is 5.78. The zero-order chi connectivity index (χ0) is 10.6. The molecule has 0 aliphatic rings. The van der Waals surface area contributed by atoms with Crippen molar-refractivity contribution in [2.45, 2.75) is 19.3 Å². The Morgan fingerprint density at radius 3 is 2.79 bits per heavy atom. The zero-order valence-electron chi connectivity index (χ0n) is 8.87. The molecule has 0 bridgehead atoms. The van der Waals surface area contributed by atoms with Crippen molar-refractivity contribution in [2.75, 3.05) is 26.7 Å². The van der Waals surface area contributed by atoms with Crippen LogP contribution in [0.4, 0.5) is 0 Å². The average molecular weight is 199 g/mol. The number of hydrogen-bond acceptors (Lipinski definition) is 4. The molecule has 0 rings (SSSR count). The first-order chi connectivity index (χ1) is 6.85. The first-order valence-electron chi connectivity index (χ1n) is 4.99. The van der Waals surface area contributed by atoms with Gasteiger partial charge in [0, 0.05) is 26.4 Å². The number of aliphatic hydroxyl groups is 1. The molecule has 0 aromatic heterocycles. The highest BCUT2D eigenvalue weighted by Crippen LogP contribution is 1.92. The number of rotatable bonds is 8. The Hall–Kier alpha value is -0.870. The lowest BCUT2D eigenvalue weighted by atomic mass is 10.2. The van der Waals surface area contributed by atoms with Gasteiger partial charge in [-0.25, -0.2) is 0 Å². The van der Waals surface area contributed by atoms with E-state index in [0.717, 1.165) is 37.9 Å². The van der Waals surface area contributed by atoms with Gasteiger partial charge in [-0.1, -0.05) is 0 Å². The van der Waals surface area contributed by atoms with Gasteiger partial charge in [-0.05, 0) is 37.6 Å². The summed E-state index contributed by atoms with van der Waals surface area (Å²) in [6.07, 6.45) is 6.35. The van der Waals surface area contributed by atoms with Gasteiger partial charge >= 0.3 is 0 Å². The van der Waals surface area contributed by atoms with E-state index in [2.05, 4.69) is 10.3 Å². The fraction of sp³-hybridized carbons (Fsp3) is 0.700. The van der Waals surface area contributed by atoms with Gasteiger partial charge in [0.05, 0.1) is 0 Å². The standard InChI is InChI=1S/C10H21N3O/c1-12-8-10(7-11)9-13-5-3-2-4-6-14/h7-8,13-14H,2-6,9,11H2,1H3.